The van der Waals surface area contributed by atoms with Crippen molar-refractivity contribution in [1.29, 1.82) is 0 Å². The summed E-state index contributed by atoms with van der Waals surface area (Å²) in [6.45, 7) is 0. The standard InChI is InChI=1S/C10H8Cl2O2/c11-8-4-3-7(6-9(8)12)10(14)2-1-5-13/h3-6H,1-2H2. The number of halogens is 2. The smallest absolute Gasteiger partial charge is 0.163 e. The fraction of sp³-hybridized carbons (Fsp3) is 0.200. The minimum absolute atomic E-state index is 0.101. The first kappa shape index (κ1) is 11.2. The van der Waals surface area contributed by atoms with Crippen LogP contribution in [-0.4, -0.2) is 12.1 Å². The van der Waals surface area contributed by atoms with Crippen molar-refractivity contribution in [2.24, 2.45) is 0 Å². The topological polar surface area (TPSA) is 34.1 Å². The van der Waals surface area contributed by atoms with Gasteiger partial charge in [-0.25, -0.2) is 0 Å². The summed E-state index contributed by atoms with van der Waals surface area (Å²) in [5, 5.41) is 0.766. The SMILES string of the molecule is O=CCCC(=O)c1ccc(Cl)c(Cl)c1. The van der Waals surface area contributed by atoms with Gasteiger partial charge in [-0.2, -0.15) is 0 Å². The van der Waals surface area contributed by atoms with E-state index in [0.717, 1.165) is 6.29 Å². The molecule has 0 atom stereocenters. The Kier molecular flexibility index (Phi) is 4.11. The van der Waals surface area contributed by atoms with Crippen LogP contribution in [0.2, 0.25) is 10.0 Å². The molecule has 0 N–H and O–H groups in total. The number of Topliss-reactive ketones (excluding diaryl/α,β-unsaturated/α-hetero) is 1. The summed E-state index contributed by atoms with van der Waals surface area (Å²) >= 11 is 11.4. The third kappa shape index (κ3) is 2.82. The van der Waals surface area contributed by atoms with Crippen LogP contribution in [0.15, 0.2) is 18.2 Å². The Labute approximate surface area is 91.8 Å². The second-order valence-corrected chi connectivity index (χ2v) is 3.57. The molecule has 1 aromatic carbocycles. The first-order chi connectivity index (χ1) is 6.65. The highest BCUT2D eigenvalue weighted by Crippen LogP contribution is 2.23. The van der Waals surface area contributed by atoms with Crippen molar-refractivity contribution < 1.29 is 9.59 Å². The summed E-state index contributed by atoms with van der Waals surface area (Å²) in [6.07, 6.45) is 1.16. The fourth-order valence-electron chi connectivity index (χ4n) is 1.00. The molecular formula is C10H8Cl2O2. The van der Waals surface area contributed by atoms with E-state index in [1.165, 1.54) is 6.07 Å². The van der Waals surface area contributed by atoms with Crippen LogP contribution >= 0.6 is 23.2 Å². The molecule has 1 rings (SSSR count). The highest BCUT2D eigenvalue weighted by Gasteiger charge is 2.07. The largest absolute Gasteiger partial charge is 0.303 e. The number of benzene rings is 1. The second kappa shape index (κ2) is 5.13. The lowest BCUT2D eigenvalue weighted by atomic mass is 10.1. The lowest BCUT2D eigenvalue weighted by Gasteiger charge is -2.00. The molecule has 74 valence electrons. The average molecular weight is 231 g/mol. The van der Waals surface area contributed by atoms with Crippen LogP contribution in [-0.2, 0) is 4.79 Å². The molecule has 4 heteroatoms. The van der Waals surface area contributed by atoms with Crippen LogP contribution in [0.3, 0.4) is 0 Å². The number of hydrogen-bond acceptors (Lipinski definition) is 2. The minimum Gasteiger partial charge on any atom is -0.303 e. The van der Waals surface area contributed by atoms with Crippen molar-refractivity contribution in [1.82, 2.24) is 0 Å². The Morgan fingerprint density at radius 2 is 2.00 bits per heavy atom. The van der Waals surface area contributed by atoms with Gasteiger partial charge in [0.25, 0.3) is 0 Å². The van der Waals surface area contributed by atoms with Gasteiger partial charge in [-0.15, -0.1) is 0 Å². The average Bonchev–Trinajstić information content (AvgIpc) is 2.18. The van der Waals surface area contributed by atoms with Crippen molar-refractivity contribution in [2.45, 2.75) is 12.8 Å². The van der Waals surface area contributed by atoms with Crippen LogP contribution in [0, 0.1) is 0 Å². The van der Waals surface area contributed by atoms with Gasteiger partial charge in [-0.1, -0.05) is 23.2 Å². The van der Waals surface area contributed by atoms with Gasteiger partial charge >= 0.3 is 0 Å². The first-order valence-electron chi connectivity index (χ1n) is 4.07. The van der Waals surface area contributed by atoms with E-state index in [1.54, 1.807) is 12.1 Å². The zero-order valence-electron chi connectivity index (χ0n) is 7.30. The molecule has 0 amide bonds. The number of carbonyl (C=O) groups excluding carboxylic acids is 2. The Bertz CT molecular complexity index is 361. The molecule has 14 heavy (non-hydrogen) atoms. The third-order valence-corrected chi connectivity index (χ3v) is 2.47. The van der Waals surface area contributed by atoms with Gasteiger partial charge in [0, 0.05) is 18.4 Å². The lowest BCUT2D eigenvalue weighted by Crippen LogP contribution is -1.98. The van der Waals surface area contributed by atoms with Crippen LogP contribution in [0.1, 0.15) is 23.2 Å². The summed E-state index contributed by atoms with van der Waals surface area (Å²) in [5.74, 6) is -0.101. The van der Waals surface area contributed by atoms with Crippen molar-refractivity contribution in [3.63, 3.8) is 0 Å². The van der Waals surface area contributed by atoms with Gasteiger partial charge in [0.2, 0.25) is 0 Å². The minimum atomic E-state index is -0.101. The van der Waals surface area contributed by atoms with E-state index >= 15 is 0 Å². The van der Waals surface area contributed by atoms with E-state index < -0.39 is 0 Å². The Hall–Kier alpha value is -0.860. The molecule has 0 fully saturated rings. The molecule has 0 unspecified atom stereocenters. The summed E-state index contributed by atoms with van der Waals surface area (Å²) in [7, 11) is 0. The number of ketones is 1. The second-order valence-electron chi connectivity index (χ2n) is 2.76. The summed E-state index contributed by atoms with van der Waals surface area (Å²) in [6, 6.07) is 4.68. The highest BCUT2D eigenvalue weighted by atomic mass is 35.5. The monoisotopic (exact) mass is 230 g/mol. The molecule has 0 heterocycles. The molecule has 0 radical (unpaired) electrons. The van der Waals surface area contributed by atoms with Crippen LogP contribution in [0.4, 0.5) is 0 Å². The maximum absolute atomic E-state index is 11.4. The Morgan fingerprint density at radius 1 is 1.29 bits per heavy atom. The number of rotatable bonds is 4. The maximum atomic E-state index is 11.4. The van der Waals surface area contributed by atoms with E-state index in [4.69, 9.17) is 23.2 Å². The molecule has 0 saturated carbocycles. The molecule has 0 spiro atoms. The van der Waals surface area contributed by atoms with Gasteiger partial charge in [-0.3, -0.25) is 4.79 Å². The summed E-state index contributed by atoms with van der Waals surface area (Å²) < 4.78 is 0. The molecule has 1 aromatic rings. The van der Waals surface area contributed by atoms with E-state index in [1.807, 2.05) is 0 Å². The number of hydrogen-bond donors (Lipinski definition) is 0. The fourth-order valence-corrected chi connectivity index (χ4v) is 1.30. The molecule has 0 aliphatic heterocycles. The van der Waals surface area contributed by atoms with E-state index in [2.05, 4.69) is 0 Å². The zero-order chi connectivity index (χ0) is 10.6. The summed E-state index contributed by atoms with van der Waals surface area (Å²) in [4.78, 5) is 21.5. The van der Waals surface area contributed by atoms with E-state index in [9.17, 15) is 9.59 Å². The predicted octanol–water partition coefficient (Wildman–Crippen LogP) is 3.16. The molecule has 2 nitrogen and oxygen atoms in total. The van der Waals surface area contributed by atoms with Gasteiger partial charge in [0.1, 0.15) is 6.29 Å². The predicted molar refractivity (Wildman–Crippen MR) is 56.1 cm³/mol. The lowest BCUT2D eigenvalue weighted by molar-refractivity contribution is -0.107. The zero-order valence-corrected chi connectivity index (χ0v) is 8.81. The Balaban J connectivity index is 2.80. The third-order valence-electron chi connectivity index (χ3n) is 1.73. The quantitative estimate of drug-likeness (QED) is 0.589. The number of carbonyl (C=O) groups is 2. The van der Waals surface area contributed by atoms with Crippen molar-refractivity contribution in [3.05, 3.63) is 33.8 Å². The van der Waals surface area contributed by atoms with Gasteiger partial charge in [0.05, 0.1) is 10.0 Å². The van der Waals surface area contributed by atoms with Crippen LogP contribution < -0.4 is 0 Å². The van der Waals surface area contributed by atoms with Crippen molar-refractivity contribution >= 4 is 35.3 Å². The van der Waals surface area contributed by atoms with Crippen LogP contribution in [0.5, 0.6) is 0 Å². The van der Waals surface area contributed by atoms with E-state index in [0.29, 0.717) is 15.6 Å². The Morgan fingerprint density at radius 3 is 2.57 bits per heavy atom. The molecular weight excluding hydrogens is 223 g/mol. The maximum Gasteiger partial charge on any atom is 0.163 e. The van der Waals surface area contributed by atoms with Crippen LogP contribution in [0.25, 0.3) is 0 Å². The first-order valence-corrected chi connectivity index (χ1v) is 4.82. The molecule has 0 bridgehead atoms. The molecule has 0 aliphatic carbocycles. The molecule has 0 aliphatic rings. The molecule has 0 aromatic heterocycles. The summed E-state index contributed by atoms with van der Waals surface area (Å²) in [5.41, 5.74) is 0.487. The molecule has 0 saturated heterocycles. The normalized spacial score (nSPS) is 9.86. The van der Waals surface area contributed by atoms with Gasteiger partial charge in [0.15, 0.2) is 5.78 Å². The number of aldehydes is 1. The highest BCUT2D eigenvalue weighted by molar-refractivity contribution is 6.42. The van der Waals surface area contributed by atoms with Crippen molar-refractivity contribution in [2.75, 3.05) is 0 Å². The van der Waals surface area contributed by atoms with Gasteiger partial charge in [-0.05, 0) is 18.2 Å². The van der Waals surface area contributed by atoms with Crippen molar-refractivity contribution in [3.8, 4) is 0 Å². The van der Waals surface area contributed by atoms with Gasteiger partial charge < -0.3 is 4.79 Å². The van der Waals surface area contributed by atoms with E-state index in [-0.39, 0.29) is 18.6 Å².